The van der Waals surface area contributed by atoms with Gasteiger partial charge in [0, 0.05) is 60.2 Å². The van der Waals surface area contributed by atoms with Crippen LogP contribution >= 0.6 is 0 Å². The molecule has 0 aliphatic carbocycles. The van der Waals surface area contributed by atoms with Gasteiger partial charge in [-0.2, -0.15) is 23.4 Å². The minimum atomic E-state index is -4.76. The Hall–Kier alpha value is -4.80. The van der Waals surface area contributed by atoms with Gasteiger partial charge in [0.25, 0.3) is 11.5 Å². The van der Waals surface area contributed by atoms with Gasteiger partial charge in [0.05, 0.1) is 28.5 Å². The summed E-state index contributed by atoms with van der Waals surface area (Å²) >= 11 is 0. The Kier molecular flexibility index (Phi) is 6.86. The second kappa shape index (κ2) is 10.6. The largest absolute Gasteiger partial charge is 0.417 e. The monoisotopic (exact) mass is 558 g/mol. The van der Waals surface area contributed by atoms with Crippen LogP contribution in [0.1, 0.15) is 34.3 Å². The zero-order valence-electron chi connectivity index (χ0n) is 21.9. The molecule has 11 heteroatoms. The summed E-state index contributed by atoms with van der Waals surface area (Å²) in [5, 5.41) is 12.3. The van der Waals surface area contributed by atoms with Gasteiger partial charge < -0.3 is 5.32 Å². The third-order valence-electron chi connectivity index (χ3n) is 7.16. The van der Waals surface area contributed by atoms with E-state index >= 15 is 0 Å². The number of halogens is 3. The SMILES string of the molecule is O=C1NCCCCn2cc(cn2)-c2cnc3ccc(cc3c2)CCn2nc(ccc2=O)-c2ccc1c(C(F)(F)F)c2. The Morgan fingerprint density at radius 2 is 1.73 bits per heavy atom. The molecule has 2 aromatic carbocycles. The molecule has 208 valence electrons. The molecule has 7 rings (SSSR count). The van der Waals surface area contributed by atoms with Gasteiger partial charge in [0.15, 0.2) is 0 Å². The van der Waals surface area contributed by atoms with E-state index in [0.717, 1.165) is 39.7 Å². The smallest absolute Gasteiger partial charge is 0.352 e. The third-order valence-corrected chi connectivity index (χ3v) is 7.16. The maximum Gasteiger partial charge on any atom is 0.417 e. The Bertz CT molecular complexity index is 1830. The van der Waals surface area contributed by atoms with Crippen LogP contribution in [0.4, 0.5) is 13.2 Å². The molecule has 0 radical (unpaired) electrons. The van der Waals surface area contributed by atoms with Crippen LogP contribution in [0.25, 0.3) is 33.3 Å². The van der Waals surface area contributed by atoms with E-state index in [1.165, 1.54) is 22.9 Å². The van der Waals surface area contributed by atoms with Gasteiger partial charge in [-0.3, -0.25) is 19.3 Å². The molecule has 5 aromatic rings. The lowest BCUT2D eigenvalue weighted by atomic mass is 10.0. The maximum atomic E-state index is 14.0. The lowest BCUT2D eigenvalue weighted by Gasteiger charge is -2.15. The minimum absolute atomic E-state index is 0.156. The highest BCUT2D eigenvalue weighted by Crippen LogP contribution is 2.34. The summed E-state index contributed by atoms with van der Waals surface area (Å²) < 4.78 is 45.1. The molecule has 41 heavy (non-hydrogen) atoms. The van der Waals surface area contributed by atoms with Crippen LogP contribution in [0, 0.1) is 0 Å². The maximum absolute atomic E-state index is 14.0. The van der Waals surface area contributed by atoms with Crippen molar-refractivity contribution < 1.29 is 18.0 Å². The molecule has 0 atom stereocenters. The van der Waals surface area contributed by atoms with E-state index in [4.69, 9.17) is 0 Å². The van der Waals surface area contributed by atoms with E-state index in [0.29, 0.717) is 25.8 Å². The number of nitrogens with one attached hydrogen (secondary N) is 1. The molecule has 0 saturated heterocycles. The van der Waals surface area contributed by atoms with Crippen molar-refractivity contribution >= 4 is 16.8 Å². The third kappa shape index (κ3) is 5.60. The molecule has 3 aromatic heterocycles. The van der Waals surface area contributed by atoms with Crippen molar-refractivity contribution in [3.8, 4) is 22.4 Å². The first-order chi connectivity index (χ1) is 19.7. The lowest BCUT2D eigenvalue weighted by Crippen LogP contribution is -2.27. The summed E-state index contributed by atoms with van der Waals surface area (Å²) in [6.07, 6.45) is 2.44. The topological polar surface area (TPSA) is 94.7 Å². The summed E-state index contributed by atoms with van der Waals surface area (Å²) in [4.78, 5) is 29.9. The molecule has 8 nitrogen and oxygen atoms in total. The average Bonchev–Trinajstić information content (AvgIpc) is 3.44. The number of amides is 1. The zero-order chi connectivity index (χ0) is 28.6. The van der Waals surface area contributed by atoms with E-state index in [-0.39, 0.29) is 29.9 Å². The number of carbonyl (C=O) groups excluding carboxylic acids is 1. The number of alkyl halides is 3. The normalized spacial score (nSPS) is 14.5. The van der Waals surface area contributed by atoms with E-state index < -0.39 is 23.2 Å². The van der Waals surface area contributed by atoms with Crippen LogP contribution in [0.2, 0.25) is 0 Å². The second-order valence-corrected chi connectivity index (χ2v) is 9.99. The zero-order valence-corrected chi connectivity index (χ0v) is 21.9. The van der Waals surface area contributed by atoms with Gasteiger partial charge in [-0.25, -0.2) is 4.68 Å². The number of carbonyl (C=O) groups is 1. The summed E-state index contributed by atoms with van der Waals surface area (Å²) in [7, 11) is 0. The molecule has 0 fully saturated rings. The standard InChI is InChI=1S/C30H25F3N6O2/c31-30(32,33)25-15-20-4-5-24(25)29(41)34-10-1-2-11-38-18-23(17-36-38)22-14-21-13-19(3-6-26(21)35-16-22)9-12-39-28(40)8-7-27(20)37-39/h3-8,13-18H,1-2,9-12H2,(H,34,41). The second-order valence-electron chi connectivity index (χ2n) is 9.99. The molecule has 9 bridgehead atoms. The number of fused-ring (bicyclic) bond motifs is 8. The lowest BCUT2D eigenvalue weighted by molar-refractivity contribution is -0.137. The summed E-state index contributed by atoms with van der Waals surface area (Å²) in [6.45, 7) is 1.04. The molecule has 1 amide bonds. The van der Waals surface area contributed by atoms with E-state index in [1.54, 1.807) is 17.1 Å². The number of pyridine rings is 1. The number of aryl methyl sites for hydroxylation is 3. The molecule has 0 spiro atoms. The van der Waals surface area contributed by atoms with Gasteiger partial charge in [0.1, 0.15) is 0 Å². The van der Waals surface area contributed by atoms with E-state index in [9.17, 15) is 22.8 Å². The fourth-order valence-electron chi connectivity index (χ4n) is 4.96. The van der Waals surface area contributed by atoms with Crippen LogP contribution in [-0.4, -0.2) is 37.0 Å². The average molecular weight is 559 g/mol. The molecular weight excluding hydrogens is 533 g/mol. The van der Waals surface area contributed by atoms with Crippen molar-refractivity contribution in [2.24, 2.45) is 0 Å². The van der Waals surface area contributed by atoms with Crippen LogP contribution in [0.5, 0.6) is 0 Å². The van der Waals surface area contributed by atoms with Crippen LogP contribution in [-0.2, 0) is 25.7 Å². The van der Waals surface area contributed by atoms with Crippen LogP contribution in [0.3, 0.4) is 0 Å². The first-order valence-electron chi connectivity index (χ1n) is 13.2. The molecule has 0 saturated carbocycles. The predicted molar refractivity (Wildman–Crippen MR) is 147 cm³/mol. The summed E-state index contributed by atoms with van der Waals surface area (Å²) in [5.41, 5.74) is 2.09. The molecule has 2 aliphatic rings. The van der Waals surface area contributed by atoms with Crippen molar-refractivity contribution in [3.63, 3.8) is 0 Å². The van der Waals surface area contributed by atoms with Gasteiger partial charge in [-0.15, -0.1) is 0 Å². The van der Waals surface area contributed by atoms with E-state index in [2.05, 4.69) is 20.5 Å². The van der Waals surface area contributed by atoms with Crippen LogP contribution in [0.15, 0.2) is 78.0 Å². The van der Waals surface area contributed by atoms with Gasteiger partial charge in [0.2, 0.25) is 0 Å². The summed E-state index contributed by atoms with van der Waals surface area (Å²) in [5.74, 6) is -0.800. The fraction of sp³-hybridized carbons (Fsp3) is 0.233. The van der Waals surface area contributed by atoms with Gasteiger partial charge in [-0.05, 0) is 61.2 Å². The highest BCUT2D eigenvalue weighted by molar-refractivity contribution is 5.96. The van der Waals surface area contributed by atoms with Crippen molar-refractivity contribution in [1.82, 2.24) is 29.9 Å². The number of benzene rings is 2. The quantitative estimate of drug-likeness (QED) is 0.285. The Morgan fingerprint density at radius 3 is 2.59 bits per heavy atom. The molecule has 2 aliphatic heterocycles. The van der Waals surface area contributed by atoms with E-state index in [1.807, 2.05) is 30.5 Å². The molecular formula is C30H25F3N6O2. The first-order valence-corrected chi connectivity index (χ1v) is 13.2. The Balaban J connectivity index is 1.40. The highest BCUT2D eigenvalue weighted by atomic mass is 19.4. The number of hydrogen-bond acceptors (Lipinski definition) is 5. The van der Waals surface area contributed by atoms with Crippen molar-refractivity contribution in [3.05, 3.63) is 100 Å². The number of hydrogen-bond donors (Lipinski definition) is 1. The Labute approximate surface area is 232 Å². The highest BCUT2D eigenvalue weighted by Gasteiger charge is 2.35. The van der Waals surface area contributed by atoms with Gasteiger partial charge >= 0.3 is 6.18 Å². The van der Waals surface area contributed by atoms with Crippen molar-refractivity contribution in [1.29, 1.82) is 0 Å². The summed E-state index contributed by atoms with van der Waals surface area (Å²) in [6, 6.07) is 14.1. The van der Waals surface area contributed by atoms with Crippen LogP contribution < -0.4 is 10.9 Å². The van der Waals surface area contributed by atoms with Crippen molar-refractivity contribution in [2.75, 3.05) is 6.54 Å². The van der Waals surface area contributed by atoms with Gasteiger partial charge in [-0.1, -0.05) is 12.1 Å². The Morgan fingerprint density at radius 1 is 0.854 bits per heavy atom. The predicted octanol–water partition coefficient (Wildman–Crippen LogP) is 5.11. The fourth-order valence-corrected chi connectivity index (χ4v) is 4.96. The number of nitrogens with zero attached hydrogens (tertiary/aromatic N) is 5. The van der Waals surface area contributed by atoms with Crippen molar-refractivity contribution in [2.45, 2.75) is 38.5 Å². The number of rotatable bonds is 0. The molecule has 5 heterocycles. The molecule has 1 N–H and O–H groups in total. The first kappa shape index (κ1) is 26.4. The molecule has 0 unspecified atom stereocenters. The number of aromatic nitrogens is 5. The minimum Gasteiger partial charge on any atom is -0.352 e.